The molecule has 4 aromatic rings. The van der Waals surface area contributed by atoms with Gasteiger partial charge in [-0.05, 0) is 77.2 Å². The van der Waals surface area contributed by atoms with Crippen LogP contribution in [0, 0.1) is 0 Å². The predicted molar refractivity (Wildman–Crippen MR) is 139 cm³/mol. The second kappa shape index (κ2) is 9.73. The number of fused-ring (bicyclic) bond motifs is 3. The molecule has 0 aliphatic heterocycles. The van der Waals surface area contributed by atoms with E-state index in [2.05, 4.69) is 52.3 Å². The summed E-state index contributed by atoms with van der Waals surface area (Å²) in [4.78, 5) is 25.0. The Hall–Kier alpha value is -4.58. The zero-order valence-corrected chi connectivity index (χ0v) is 19.3. The molecule has 6 nitrogen and oxygen atoms in total. The SMILES string of the molecule is COc1ccccc1NC(=O)c1ccc(NC(=O)CNc2ccc3c(c2)Cc2ccccc2-3)cc1. The average Bonchev–Trinajstić information content (AvgIpc) is 3.26. The van der Waals surface area contributed by atoms with Crippen LogP contribution in [-0.2, 0) is 11.2 Å². The fourth-order valence-corrected chi connectivity index (χ4v) is 4.29. The Kier molecular flexibility index (Phi) is 6.18. The Morgan fingerprint density at radius 2 is 1.49 bits per heavy atom. The van der Waals surface area contributed by atoms with Crippen LogP contribution in [0.1, 0.15) is 21.5 Å². The normalized spacial score (nSPS) is 11.2. The van der Waals surface area contributed by atoms with Crippen molar-refractivity contribution in [1.82, 2.24) is 0 Å². The van der Waals surface area contributed by atoms with Crippen LogP contribution in [0.2, 0.25) is 0 Å². The summed E-state index contributed by atoms with van der Waals surface area (Å²) in [5, 5.41) is 8.90. The van der Waals surface area contributed by atoms with E-state index in [1.54, 1.807) is 43.5 Å². The van der Waals surface area contributed by atoms with Crippen LogP contribution < -0.4 is 20.7 Å². The molecule has 3 N–H and O–H groups in total. The lowest BCUT2D eigenvalue weighted by Gasteiger charge is -2.11. The van der Waals surface area contributed by atoms with Gasteiger partial charge in [0.2, 0.25) is 5.91 Å². The minimum atomic E-state index is -0.257. The summed E-state index contributed by atoms with van der Waals surface area (Å²) in [5.74, 6) is 0.165. The van der Waals surface area contributed by atoms with E-state index in [1.165, 1.54) is 22.3 Å². The minimum absolute atomic E-state index is 0.141. The molecule has 5 rings (SSSR count). The van der Waals surface area contributed by atoms with Gasteiger partial charge in [-0.1, -0.05) is 42.5 Å². The first-order valence-corrected chi connectivity index (χ1v) is 11.4. The van der Waals surface area contributed by atoms with Gasteiger partial charge in [-0.25, -0.2) is 0 Å². The van der Waals surface area contributed by atoms with Crippen LogP contribution in [0.15, 0.2) is 91.0 Å². The molecule has 174 valence electrons. The van der Waals surface area contributed by atoms with E-state index in [0.717, 1.165) is 12.1 Å². The smallest absolute Gasteiger partial charge is 0.255 e. The lowest BCUT2D eigenvalue weighted by molar-refractivity contribution is -0.114. The number of hydrogen-bond donors (Lipinski definition) is 3. The molecule has 0 heterocycles. The molecular formula is C29H25N3O3. The first-order chi connectivity index (χ1) is 17.1. The van der Waals surface area contributed by atoms with Gasteiger partial charge in [0, 0.05) is 16.9 Å². The number of carbonyl (C=O) groups excluding carboxylic acids is 2. The van der Waals surface area contributed by atoms with E-state index >= 15 is 0 Å². The van der Waals surface area contributed by atoms with Crippen molar-refractivity contribution in [3.05, 3.63) is 108 Å². The highest BCUT2D eigenvalue weighted by molar-refractivity contribution is 6.05. The standard InChI is InChI=1S/C29H25N3O3/c1-35-27-9-5-4-8-26(27)32-29(34)19-10-12-22(13-11-19)31-28(33)18-30-23-14-15-25-21(17-23)16-20-6-2-3-7-24(20)25/h2-15,17,30H,16,18H2,1H3,(H,31,33)(H,32,34). The van der Waals surface area contributed by atoms with Crippen LogP contribution >= 0.6 is 0 Å². The fourth-order valence-electron chi connectivity index (χ4n) is 4.29. The maximum absolute atomic E-state index is 12.6. The number of rotatable bonds is 7. The average molecular weight is 464 g/mol. The van der Waals surface area contributed by atoms with Crippen molar-refractivity contribution in [2.75, 3.05) is 29.6 Å². The van der Waals surface area contributed by atoms with E-state index in [-0.39, 0.29) is 18.4 Å². The van der Waals surface area contributed by atoms with Gasteiger partial charge >= 0.3 is 0 Å². The molecule has 0 fully saturated rings. The second-order valence-electron chi connectivity index (χ2n) is 8.34. The highest BCUT2D eigenvalue weighted by Crippen LogP contribution is 2.37. The zero-order chi connectivity index (χ0) is 24.2. The van der Waals surface area contributed by atoms with Gasteiger partial charge in [0.1, 0.15) is 5.75 Å². The van der Waals surface area contributed by atoms with E-state index in [0.29, 0.717) is 22.7 Å². The lowest BCUT2D eigenvalue weighted by Crippen LogP contribution is -2.21. The monoisotopic (exact) mass is 463 g/mol. The summed E-state index contributed by atoms with van der Waals surface area (Å²) < 4.78 is 5.27. The quantitative estimate of drug-likeness (QED) is 0.295. The molecule has 35 heavy (non-hydrogen) atoms. The van der Waals surface area contributed by atoms with Gasteiger partial charge in [0.15, 0.2) is 0 Å². The number of para-hydroxylation sites is 2. The lowest BCUT2D eigenvalue weighted by atomic mass is 10.1. The van der Waals surface area contributed by atoms with Gasteiger partial charge in [-0.15, -0.1) is 0 Å². The van der Waals surface area contributed by atoms with E-state index < -0.39 is 0 Å². The van der Waals surface area contributed by atoms with Gasteiger partial charge in [-0.2, -0.15) is 0 Å². The Bertz CT molecular complexity index is 1400. The topological polar surface area (TPSA) is 79.5 Å². The van der Waals surface area contributed by atoms with Crippen molar-refractivity contribution in [3.63, 3.8) is 0 Å². The zero-order valence-electron chi connectivity index (χ0n) is 19.3. The number of carbonyl (C=O) groups is 2. The molecule has 0 atom stereocenters. The molecule has 2 amide bonds. The molecule has 0 saturated carbocycles. The van der Waals surface area contributed by atoms with Crippen molar-refractivity contribution in [2.45, 2.75) is 6.42 Å². The Labute approximate surface area is 204 Å². The molecule has 0 spiro atoms. The molecule has 0 saturated heterocycles. The predicted octanol–water partition coefficient (Wildman–Crippen LogP) is 5.57. The van der Waals surface area contributed by atoms with Crippen molar-refractivity contribution >= 4 is 28.9 Å². The molecular weight excluding hydrogens is 438 g/mol. The molecule has 1 aliphatic carbocycles. The largest absolute Gasteiger partial charge is 0.495 e. The summed E-state index contributed by atoms with van der Waals surface area (Å²) in [6, 6.07) is 28.6. The second-order valence-corrected chi connectivity index (χ2v) is 8.34. The third-order valence-electron chi connectivity index (χ3n) is 6.03. The third-order valence-corrected chi connectivity index (χ3v) is 6.03. The summed E-state index contributed by atoms with van der Waals surface area (Å²) >= 11 is 0. The number of nitrogens with one attached hydrogen (secondary N) is 3. The Morgan fingerprint density at radius 3 is 2.31 bits per heavy atom. The van der Waals surface area contributed by atoms with Crippen LogP contribution in [0.4, 0.5) is 17.1 Å². The maximum Gasteiger partial charge on any atom is 0.255 e. The molecule has 1 aliphatic rings. The number of hydrogen-bond acceptors (Lipinski definition) is 4. The first-order valence-electron chi connectivity index (χ1n) is 11.4. The van der Waals surface area contributed by atoms with Crippen molar-refractivity contribution in [1.29, 1.82) is 0 Å². The molecule has 0 aromatic heterocycles. The van der Waals surface area contributed by atoms with Crippen LogP contribution in [-0.4, -0.2) is 25.5 Å². The minimum Gasteiger partial charge on any atom is -0.495 e. The van der Waals surface area contributed by atoms with Crippen LogP contribution in [0.3, 0.4) is 0 Å². The van der Waals surface area contributed by atoms with Gasteiger partial charge in [0.05, 0.1) is 19.3 Å². The summed E-state index contributed by atoms with van der Waals surface area (Å²) in [5.41, 5.74) is 7.74. The summed E-state index contributed by atoms with van der Waals surface area (Å²) in [7, 11) is 1.56. The Balaban J connectivity index is 1.15. The van der Waals surface area contributed by atoms with E-state index in [1.807, 2.05) is 18.2 Å². The number of benzene rings is 4. The first kappa shape index (κ1) is 22.2. The third kappa shape index (κ3) is 4.87. The van der Waals surface area contributed by atoms with Gasteiger partial charge in [0.25, 0.3) is 5.91 Å². The van der Waals surface area contributed by atoms with Gasteiger partial charge in [-0.3, -0.25) is 9.59 Å². The van der Waals surface area contributed by atoms with Crippen molar-refractivity contribution < 1.29 is 14.3 Å². The molecule has 6 heteroatoms. The number of methoxy groups -OCH3 is 1. The summed E-state index contributed by atoms with van der Waals surface area (Å²) in [6.07, 6.45) is 0.907. The van der Waals surface area contributed by atoms with Gasteiger partial charge < -0.3 is 20.7 Å². The number of anilines is 3. The number of amides is 2. The van der Waals surface area contributed by atoms with E-state index in [4.69, 9.17) is 4.74 Å². The van der Waals surface area contributed by atoms with E-state index in [9.17, 15) is 9.59 Å². The van der Waals surface area contributed by atoms with Crippen LogP contribution in [0.5, 0.6) is 5.75 Å². The fraction of sp³-hybridized carbons (Fsp3) is 0.103. The molecule has 4 aromatic carbocycles. The van der Waals surface area contributed by atoms with Crippen molar-refractivity contribution in [3.8, 4) is 16.9 Å². The highest BCUT2D eigenvalue weighted by atomic mass is 16.5. The molecule has 0 radical (unpaired) electrons. The van der Waals surface area contributed by atoms with Crippen molar-refractivity contribution in [2.24, 2.45) is 0 Å². The summed E-state index contributed by atoms with van der Waals surface area (Å²) in [6.45, 7) is 0.141. The molecule has 0 unspecified atom stereocenters. The Morgan fingerprint density at radius 1 is 0.771 bits per heavy atom. The van der Waals surface area contributed by atoms with Crippen LogP contribution in [0.25, 0.3) is 11.1 Å². The highest BCUT2D eigenvalue weighted by Gasteiger charge is 2.18. The molecule has 0 bridgehead atoms. The number of ether oxygens (including phenoxy) is 1. The maximum atomic E-state index is 12.6.